The van der Waals surface area contributed by atoms with E-state index < -0.39 is 4.92 Å². The molecular formula is C18H12BrNO4. The molecule has 0 amide bonds. The van der Waals surface area contributed by atoms with Crippen molar-refractivity contribution in [2.24, 2.45) is 0 Å². The minimum absolute atomic E-state index is 0.0406. The highest BCUT2D eigenvalue weighted by Gasteiger charge is 2.11. The summed E-state index contributed by atoms with van der Waals surface area (Å²) >= 11 is 3.41. The maximum atomic E-state index is 12.1. The van der Waals surface area contributed by atoms with E-state index >= 15 is 0 Å². The molecule has 0 fully saturated rings. The number of nitrogens with zero attached hydrogens (tertiary/aromatic N) is 1. The summed E-state index contributed by atoms with van der Waals surface area (Å²) in [5.41, 5.74) is 2.17. The van der Waals surface area contributed by atoms with Crippen LogP contribution >= 0.6 is 15.9 Å². The number of halogens is 1. The highest BCUT2D eigenvalue weighted by atomic mass is 79.9. The molecule has 0 spiro atoms. The number of benzene rings is 2. The van der Waals surface area contributed by atoms with E-state index in [0.29, 0.717) is 12.2 Å². The molecule has 120 valence electrons. The van der Waals surface area contributed by atoms with Gasteiger partial charge in [-0.05, 0) is 48.1 Å². The number of carbonyl (C=O) groups is 1. The zero-order chi connectivity index (χ0) is 17.1. The molecule has 0 aromatic heterocycles. The van der Waals surface area contributed by atoms with Crippen LogP contribution in [0.3, 0.4) is 0 Å². The maximum Gasteiger partial charge on any atom is 0.269 e. The van der Waals surface area contributed by atoms with Gasteiger partial charge in [-0.15, -0.1) is 0 Å². The molecule has 2 aromatic rings. The summed E-state index contributed by atoms with van der Waals surface area (Å²) < 4.78 is 6.60. The van der Waals surface area contributed by atoms with E-state index in [9.17, 15) is 14.9 Å². The summed E-state index contributed by atoms with van der Waals surface area (Å²) in [4.78, 5) is 22.3. The van der Waals surface area contributed by atoms with Crippen LogP contribution in [0.4, 0.5) is 5.69 Å². The lowest BCUT2D eigenvalue weighted by Crippen LogP contribution is -2.06. The summed E-state index contributed by atoms with van der Waals surface area (Å²) in [5, 5.41) is 10.6. The molecule has 2 aromatic carbocycles. The molecule has 1 aliphatic rings. The Hall–Kier alpha value is -2.73. The van der Waals surface area contributed by atoms with Crippen molar-refractivity contribution in [3.05, 3.63) is 85.9 Å². The Morgan fingerprint density at radius 2 is 1.96 bits per heavy atom. The second-order valence-electron chi connectivity index (χ2n) is 5.19. The van der Waals surface area contributed by atoms with Gasteiger partial charge in [0.1, 0.15) is 12.4 Å². The normalized spacial score (nSPS) is 13.1. The van der Waals surface area contributed by atoms with E-state index in [1.165, 1.54) is 30.3 Å². The van der Waals surface area contributed by atoms with E-state index in [1.807, 2.05) is 24.3 Å². The lowest BCUT2D eigenvalue weighted by atomic mass is 10.1. The second-order valence-corrected chi connectivity index (χ2v) is 6.11. The molecule has 1 heterocycles. The predicted molar refractivity (Wildman–Crippen MR) is 94.2 cm³/mol. The van der Waals surface area contributed by atoms with Gasteiger partial charge in [0.05, 0.1) is 4.92 Å². The highest BCUT2D eigenvalue weighted by Crippen LogP contribution is 2.29. The highest BCUT2D eigenvalue weighted by molar-refractivity contribution is 9.10. The standard InChI is InChI=1S/C18H12BrNO4/c19-15-4-8-18-14(10-15)9-12(11-24-18)1-7-17(21)13-2-5-16(6-3-13)20(22)23/h1-10H,11H2/b7-1+. The Morgan fingerprint density at radius 3 is 2.67 bits per heavy atom. The van der Waals surface area contributed by atoms with Crippen LogP contribution in [0.5, 0.6) is 5.75 Å². The molecule has 3 rings (SSSR count). The van der Waals surface area contributed by atoms with E-state index in [-0.39, 0.29) is 11.5 Å². The van der Waals surface area contributed by atoms with Gasteiger partial charge in [-0.2, -0.15) is 0 Å². The fourth-order valence-electron chi connectivity index (χ4n) is 2.29. The minimum atomic E-state index is -0.496. The SMILES string of the molecule is O=C(/C=C/C1=Cc2cc(Br)ccc2OC1)c1ccc([N+](=O)[O-])cc1. The van der Waals surface area contributed by atoms with E-state index in [4.69, 9.17) is 4.74 Å². The molecule has 6 heteroatoms. The van der Waals surface area contributed by atoms with Crippen LogP contribution in [0.1, 0.15) is 15.9 Å². The van der Waals surface area contributed by atoms with Gasteiger partial charge in [0, 0.05) is 27.7 Å². The van der Waals surface area contributed by atoms with Crippen molar-refractivity contribution in [1.29, 1.82) is 0 Å². The van der Waals surface area contributed by atoms with Gasteiger partial charge >= 0.3 is 0 Å². The predicted octanol–water partition coefficient (Wildman–Crippen LogP) is 4.57. The number of nitro groups is 1. The summed E-state index contributed by atoms with van der Waals surface area (Å²) in [5.74, 6) is 0.586. The second kappa shape index (κ2) is 6.80. The van der Waals surface area contributed by atoms with Crippen molar-refractivity contribution in [3.63, 3.8) is 0 Å². The quantitative estimate of drug-likeness (QED) is 0.334. The number of ether oxygens (including phenoxy) is 1. The van der Waals surface area contributed by atoms with Gasteiger partial charge in [-0.25, -0.2) is 0 Å². The summed E-state index contributed by atoms with van der Waals surface area (Å²) in [6.07, 6.45) is 5.11. The van der Waals surface area contributed by atoms with Crippen LogP contribution in [0.2, 0.25) is 0 Å². The van der Waals surface area contributed by atoms with E-state index in [2.05, 4.69) is 15.9 Å². The first kappa shape index (κ1) is 16.1. The third kappa shape index (κ3) is 3.60. The van der Waals surface area contributed by atoms with E-state index in [0.717, 1.165) is 21.4 Å². The van der Waals surface area contributed by atoms with Crippen molar-refractivity contribution >= 4 is 33.5 Å². The number of nitro benzene ring substituents is 1. The Bertz CT molecular complexity index is 869. The maximum absolute atomic E-state index is 12.1. The lowest BCUT2D eigenvalue weighted by molar-refractivity contribution is -0.384. The average Bonchev–Trinajstić information content (AvgIpc) is 2.59. The Morgan fingerprint density at radius 1 is 1.21 bits per heavy atom. The number of hydrogen-bond donors (Lipinski definition) is 0. The van der Waals surface area contributed by atoms with Crippen LogP contribution in [0, 0.1) is 10.1 Å². The molecule has 24 heavy (non-hydrogen) atoms. The van der Waals surface area contributed by atoms with Crippen molar-refractivity contribution in [1.82, 2.24) is 0 Å². The van der Waals surface area contributed by atoms with Crippen molar-refractivity contribution in [3.8, 4) is 5.75 Å². The van der Waals surface area contributed by atoms with Crippen molar-refractivity contribution in [2.75, 3.05) is 6.61 Å². The monoisotopic (exact) mass is 385 g/mol. The first-order valence-electron chi connectivity index (χ1n) is 7.13. The average molecular weight is 386 g/mol. The molecule has 0 radical (unpaired) electrons. The fourth-order valence-corrected chi connectivity index (χ4v) is 2.67. The molecule has 0 N–H and O–H groups in total. The van der Waals surface area contributed by atoms with Crippen molar-refractivity contribution in [2.45, 2.75) is 0 Å². The van der Waals surface area contributed by atoms with Crippen LogP contribution in [-0.4, -0.2) is 17.3 Å². The van der Waals surface area contributed by atoms with Gasteiger partial charge in [0.25, 0.3) is 5.69 Å². The lowest BCUT2D eigenvalue weighted by Gasteiger charge is -2.16. The molecule has 0 saturated carbocycles. The fraction of sp³-hybridized carbons (Fsp3) is 0.0556. The number of hydrogen-bond acceptors (Lipinski definition) is 4. The molecule has 0 saturated heterocycles. The number of allylic oxidation sites excluding steroid dienone is 1. The Balaban J connectivity index is 1.76. The number of fused-ring (bicyclic) bond motifs is 1. The van der Waals surface area contributed by atoms with Gasteiger partial charge in [-0.1, -0.05) is 22.0 Å². The molecular weight excluding hydrogens is 374 g/mol. The Kier molecular flexibility index (Phi) is 4.57. The third-order valence-corrected chi connectivity index (χ3v) is 4.01. The van der Waals surface area contributed by atoms with Gasteiger partial charge in [0.2, 0.25) is 0 Å². The molecule has 0 atom stereocenters. The smallest absolute Gasteiger partial charge is 0.269 e. The van der Waals surface area contributed by atoms with Crippen LogP contribution in [0.15, 0.2) is 64.7 Å². The number of rotatable bonds is 4. The van der Waals surface area contributed by atoms with Gasteiger partial charge in [0.15, 0.2) is 5.78 Å². The number of non-ortho nitro benzene ring substituents is 1. The summed E-state index contributed by atoms with van der Waals surface area (Å²) in [6, 6.07) is 11.3. The first-order valence-corrected chi connectivity index (χ1v) is 7.92. The summed E-state index contributed by atoms with van der Waals surface area (Å²) in [7, 11) is 0. The van der Waals surface area contributed by atoms with E-state index in [1.54, 1.807) is 6.08 Å². The third-order valence-electron chi connectivity index (χ3n) is 3.52. The van der Waals surface area contributed by atoms with Crippen LogP contribution < -0.4 is 4.74 Å². The number of carbonyl (C=O) groups excluding carboxylic acids is 1. The topological polar surface area (TPSA) is 69.4 Å². The molecule has 0 unspecified atom stereocenters. The number of ketones is 1. The van der Waals surface area contributed by atoms with Gasteiger partial charge < -0.3 is 4.74 Å². The largest absolute Gasteiger partial charge is 0.488 e. The zero-order valence-electron chi connectivity index (χ0n) is 12.4. The molecule has 0 aliphatic carbocycles. The van der Waals surface area contributed by atoms with Crippen LogP contribution in [-0.2, 0) is 0 Å². The molecule has 1 aliphatic heterocycles. The van der Waals surface area contributed by atoms with Crippen LogP contribution in [0.25, 0.3) is 6.08 Å². The Labute approximate surface area is 146 Å². The molecule has 0 bridgehead atoms. The van der Waals surface area contributed by atoms with Gasteiger partial charge in [-0.3, -0.25) is 14.9 Å². The first-order chi connectivity index (χ1) is 11.5. The zero-order valence-corrected chi connectivity index (χ0v) is 14.0. The minimum Gasteiger partial charge on any atom is -0.488 e. The summed E-state index contributed by atoms with van der Waals surface area (Å²) in [6.45, 7) is 0.388. The van der Waals surface area contributed by atoms with Crippen molar-refractivity contribution < 1.29 is 14.5 Å². The molecule has 5 nitrogen and oxygen atoms in total.